The molecule has 9 heteroatoms. The zero-order chi connectivity index (χ0) is 16.9. The van der Waals surface area contributed by atoms with Crippen molar-refractivity contribution >= 4 is 11.8 Å². The lowest BCUT2D eigenvalue weighted by Gasteiger charge is -2.25. The summed E-state index contributed by atoms with van der Waals surface area (Å²) in [5.74, 6) is -0.717. The van der Waals surface area contributed by atoms with E-state index in [0.717, 1.165) is 6.08 Å². The first-order valence-corrected chi connectivity index (χ1v) is 6.26. The molecule has 0 aliphatic heterocycles. The van der Waals surface area contributed by atoms with Crippen molar-refractivity contribution in [2.24, 2.45) is 0 Å². The molecule has 22 heavy (non-hydrogen) atoms. The number of nitrogens with zero attached hydrogens (tertiary/aromatic N) is 1. The topological polar surface area (TPSA) is 165 Å². The monoisotopic (exact) mass is 315 g/mol. The third kappa shape index (κ3) is 4.48. The number of nitro groups is 1. The van der Waals surface area contributed by atoms with Crippen LogP contribution in [0.2, 0.25) is 0 Å². The van der Waals surface area contributed by atoms with E-state index in [0.29, 0.717) is 5.56 Å². The molecule has 0 amide bonds. The van der Waals surface area contributed by atoms with Crippen LogP contribution in [0.3, 0.4) is 0 Å². The van der Waals surface area contributed by atoms with Gasteiger partial charge in [0.2, 0.25) is 0 Å². The van der Waals surface area contributed by atoms with Crippen molar-refractivity contribution in [2.45, 2.75) is 24.4 Å². The Morgan fingerprint density at radius 3 is 2.14 bits per heavy atom. The predicted octanol–water partition coefficient (Wildman–Crippen LogP) is -1.07. The lowest BCUT2D eigenvalue weighted by atomic mass is 10.0. The van der Waals surface area contributed by atoms with E-state index in [1.165, 1.54) is 24.3 Å². The van der Waals surface area contributed by atoms with Gasteiger partial charge >= 0.3 is 0 Å². The molecule has 122 valence electrons. The highest BCUT2D eigenvalue weighted by molar-refractivity contribution is 5.54. The SMILES string of the molecule is O=[N+]([O-])c1ccc(C=C(O)[C@H](O)[C@@H](O)[C@H](O)[C@H](O)CO)cc1. The van der Waals surface area contributed by atoms with Gasteiger partial charge in [-0.3, -0.25) is 10.1 Å². The van der Waals surface area contributed by atoms with Crippen LogP contribution >= 0.6 is 0 Å². The fourth-order valence-electron chi connectivity index (χ4n) is 1.65. The second-order valence-electron chi connectivity index (χ2n) is 4.59. The number of rotatable bonds is 7. The molecule has 6 N–H and O–H groups in total. The molecule has 0 saturated carbocycles. The lowest BCUT2D eigenvalue weighted by Crippen LogP contribution is -2.46. The van der Waals surface area contributed by atoms with Crippen LogP contribution in [0, 0.1) is 10.1 Å². The molecule has 1 aromatic carbocycles. The number of hydrogen-bond acceptors (Lipinski definition) is 8. The van der Waals surface area contributed by atoms with Crippen molar-refractivity contribution in [1.29, 1.82) is 0 Å². The number of nitro benzene ring substituents is 1. The van der Waals surface area contributed by atoms with Gasteiger partial charge in [-0.1, -0.05) is 0 Å². The van der Waals surface area contributed by atoms with E-state index >= 15 is 0 Å². The molecule has 0 unspecified atom stereocenters. The van der Waals surface area contributed by atoms with Crippen LogP contribution in [0.15, 0.2) is 30.0 Å². The number of aliphatic hydroxyl groups excluding tert-OH is 6. The Labute approximate surface area is 125 Å². The zero-order valence-corrected chi connectivity index (χ0v) is 11.4. The van der Waals surface area contributed by atoms with E-state index in [4.69, 9.17) is 10.2 Å². The number of aliphatic hydroxyl groups is 6. The van der Waals surface area contributed by atoms with E-state index in [1.807, 2.05) is 0 Å². The fourth-order valence-corrected chi connectivity index (χ4v) is 1.65. The van der Waals surface area contributed by atoms with Crippen molar-refractivity contribution < 1.29 is 35.6 Å². The average Bonchev–Trinajstić information content (AvgIpc) is 2.52. The Bertz CT molecular complexity index is 529. The number of non-ortho nitro benzene ring substituents is 1. The highest BCUT2D eigenvalue weighted by Crippen LogP contribution is 2.17. The third-order valence-electron chi connectivity index (χ3n) is 2.98. The summed E-state index contributed by atoms with van der Waals surface area (Å²) in [6, 6.07) is 5.00. The van der Waals surface area contributed by atoms with Crippen LogP contribution in [-0.4, -0.2) is 66.6 Å². The van der Waals surface area contributed by atoms with Gasteiger partial charge in [0.05, 0.1) is 11.5 Å². The number of benzene rings is 1. The van der Waals surface area contributed by atoms with Crippen molar-refractivity contribution in [1.82, 2.24) is 0 Å². The first kappa shape index (κ1) is 18.0. The van der Waals surface area contributed by atoms with E-state index in [9.17, 15) is 30.5 Å². The maximum Gasteiger partial charge on any atom is 0.269 e. The standard InChI is InChI=1S/C13H17NO8/c15-6-10(17)12(19)13(20)11(18)9(16)5-7-1-3-8(4-2-7)14(21)22/h1-5,10-13,15-20H,6H2/t10-,11+,12-,13-/m1/s1. The molecule has 9 nitrogen and oxygen atoms in total. The first-order chi connectivity index (χ1) is 10.3. The zero-order valence-electron chi connectivity index (χ0n) is 11.4. The smallest absolute Gasteiger partial charge is 0.269 e. The van der Waals surface area contributed by atoms with Gasteiger partial charge in [-0.2, -0.15) is 0 Å². The summed E-state index contributed by atoms with van der Waals surface area (Å²) >= 11 is 0. The van der Waals surface area contributed by atoms with Crippen molar-refractivity contribution in [3.63, 3.8) is 0 Å². The van der Waals surface area contributed by atoms with Crippen molar-refractivity contribution in [2.75, 3.05) is 6.61 Å². The van der Waals surface area contributed by atoms with Crippen LogP contribution in [-0.2, 0) is 0 Å². The molecule has 0 aromatic heterocycles. The summed E-state index contributed by atoms with van der Waals surface area (Å²) < 4.78 is 0. The summed E-state index contributed by atoms with van der Waals surface area (Å²) in [6.07, 6.45) is -6.36. The summed E-state index contributed by atoms with van der Waals surface area (Å²) in [5.41, 5.74) is 0.158. The van der Waals surface area contributed by atoms with Gasteiger partial charge in [-0.05, 0) is 23.8 Å². The molecule has 0 fully saturated rings. The molecule has 0 spiro atoms. The van der Waals surface area contributed by atoms with Gasteiger partial charge in [0.15, 0.2) is 0 Å². The fraction of sp³-hybridized carbons (Fsp3) is 0.385. The van der Waals surface area contributed by atoms with Gasteiger partial charge in [-0.15, -0.1) is 0 Å². The second kappa shape index (κ2) is 7.82. The Balaban J connectivity index is 2.84. The summed E-state index contributed by atoms with van der Waals surface area (Å²) in [7, 11) is 0. The maximum atomic E-state index is 10.5. The van der Waals surface area contributed by atoms with Crippen LogP contribution in [0.25, 0.3) is 6.08 Å². The molecule has 0 saturated heterocycles. The molecule has 0 heterocycles. The van der Waals surface area contributed by atoms with Crippen LogP contribution in [0.5, 0.6) is 0 Å². The highest BCUT2D eigenvalue weighted by Gasteiger charge is 2.32. The minimum absolute atomic E-state index is 0.154. The second-order valence-corrected chi connectivity index (χ2v) is 4.59. The van der Waals surface area contributed by atoms with Gasteiger partial charge in [0, 0.05) is 12.1 Å². The van der Waals surface area contributed by atoms with E-state index in [-0.39, 0.29) is 5.69 Å². The summed E-state index contributed by atoms with van der Waals surface area (Å²) in [5, 5.41) is 66.7. The minimum Gasteiger partial charge on any atom is -0.509 e. The Morgan fingerprint density at radius 2 is 1.68 bits per heavy atom. The van der Waals surface area contributed by atoms with E-state index < -0.39 is 41.7 Å². The molecular weight excluding hydrogens is 298 g/mol. The average molecular weight is 315 g/mol. The highest BCUT2D eigenvalue weighted by atomic mass is 16.6. The lowest BCUT2D eigenvalue weighted by molar-refractivity contribution is -0.384. The van der Waals surface area contributed by atoms with Crippen LogP contribution in [0.1, 0.15) is 5.56 Å². The molecule has 0 aliphatic carbocycles. The minimum atomic E-state index is -1.93. The Kier molecular flexibility index (Phi) is 6.40. The van der Waals surface area contributed by atoms with Crippen molar-refractivity contribution in [3.8, 4) is 0 Å². The predicted molar refractivity (Wildman–Crippen MR) is 74.8 cm³/mol. The van der Waals surface area contributed by atoms with E-state index in [2.05, 4.69) is 0 Å². The van der Waals surface area contributed by atoms with E-state index in [1.54, 1.807) is 0 Å². The molecule has 0 radical (unpaired) electrons. The molecular formula is C13H17NO8. The van der Waals surface area contributed by atoms with Gasteiger partial charge < -0.3 is 30.6 Å². The summed E-state index contributed by atoms with van der Waals surface area (Å²) in [6.45, 7) is -0.836. The maximum absolute atomic E-state index is 10.5. The number of hydrogen-bond donors (Lipinski definition) is 6. The normalized spacial score (nSPS) is 17.6. The van der Waals surface area contributed by atoms with Crippen LogP contribution in [0.4, 0.5) is 5.69 Å². The van der Waals surface area contributed by atoms with Gasteiger partial charge in [0.1, 0.15) is 30.2 Å². The Morgan fingerprint density at radius 1 is 1.14 bits per heavy atom. The first-order valence-electron chi connectivity index (χ1n) is 6.26. The Hall–Kier alpha value is -2.04. The quantitative estimate of drug-likeness (QED) is 0.210. The molecule has 1 rings (SSSR count). The van der Waals surface area contributed by atoms with Gasteiger partial charge in [-0.25, -0.2) is 0 Å². The van der Waals surface area contributed by atoms with Gasteiger partial charge in [0.25, 0.3) is 5.69 Å². The third-order valence-corrected chi connectivity index (χ3v) is 2.98. The molecule has 4 atom stereocenters. The molecule has 0 aliphatic rings. The van der Waals surface area contributed by atoms with Crippen LogP contribution < -0.4 is 0 Å². The molecule has 1 aromatic rings. The molecule has 0 bridgehead atoms. The summed E-state index contributed by atoms with van der Waals surface area (Å²) in [4.78, 5) is 9.90. The van der Waals surface area contributed by atoms with Crippen molar-refractivity contribution in [3.05, 3.63) is 45.7 Å². The largest absolute Gasteiger partial charge is 0.509 e.